The topological polar surface area (TPSA) is 44.7 Å². The standard InChI is InChI=1S/C12H21N3OS/c16-11(15-8-3-1-2-4-9-15)5-10-17-12-13-6-7-14-12/h1-10H2,(H,13,14). The highest BCUT2D eigenvalue weighted by Gasteiger charge is 2.15. The molecule has 96 valence electrons. The fraction of sp³-hybridized carbons (Fsp3) is 0.833. The van der Waals surface area contributed by atoms with Crippen LogP contribution in [0.5, 0.6) is 0 Å². The van der Waals surface area contributed by atoms with Crippen LogP contribution in [0.3, 0.4) is 0 Å². The number of hydrogen-bond acceptors (Lipinski definition) is 4. The van der Waals surface area contributed by atoms with Gasteiger partial charge in [-0.15, -0.1) is 0 Å². The smallest absolute Gasteiger partial charge is 0.223 e. The Balaban J connectivity index is 1.65. The van der Waals surface area contributed by atoms with Crippen LogP contribution in [-0.4, -0.2) is 47.9 Å². The van der Waals surface area contributed by atoms with E-state index in [0.717, 1.165) is 37.1 Å². The zero-order chi connectivity index (χ0) is 11.9. The van der Waals surface area contributed by atoms with E-state index in [1.807, 2.05) is 4.90 Å². The summed E-state index contributed by atoms with van der Waals surface area (Å²) in [6.45, 7) is 3.75. The molecule has 1 N–H and O–H groups in total. The van der Waals surface area contributed by atoms with Gasteiger partial charge in [-0.2, -0.15) is 0 Å². The van der Waals surface area contributed by atoms with E-state index in [1.54, 1.807) is 11.8 Å². The van der Waals surface area contributed by atoms with Gasteiger partial charge in [-0.3, -0.25) is 9.79 Å². The number of rotatable bonds is 3. The first kappa shape index (κ1) is 12.7. The predicted octanol–water partition coefficient (Wildman–Crippen LogP) is 1.47. The van der Waals surface area contributed by atoms with E-state index < -0.39 is 0 Å². The Hall–Kier alpha value is -0.710. The number of amidine groups is 1. The van der Waals surface area contributed by atoms with Crippen molar-refractivity contribution in [1.82, 2.24) is 10.2 Å². The van der Waals surface area contributed by atoms with E-state index in [0.29, 0.717) is 12.3 Å². The number of hydrogen-bond donors (Lipinski definition) is 1. The van der Waals surface area contributed by atoms with Gasteiger partial charge in [-0.05, 0) is 12.8 Å². The molecule has 0 spiro atoms. The summed E-state index contributed by atoms with van der Waals surface area (Å²) in [5.74, 6) is 1.17. The quantitative estimate of drug-likeness (QED) is 0.830. The van der Waals surface area contributed by atoms with Crippen LogP contribution >= 0.6 is 11.8 Å². The molecule has 1 fully saturated rings. The third-order valence-electron chi connectivity index (χ3n) is 3.16. The lowest BCUT2D eigenvalue weighted by atomic mass is 10.2. The van der Waals surface area contributed by atoms with Gasteiger partial charge >= 0.3 is 0 Å². The molecule has 1 saturated heterocycles. The van der Waals surface area contributed by atoms with Crippen LogP contribution < -0.4 is 5.32 Å². The van der Waals surface area contributed by atoms with Gasteiger partial charge in [0.25, 0.3) is 0 Å². The highest BCUT2D eigenvalue weighted by molar-refractivity contribution is 8.13. The van der Waals surface area contributed by atoms with Crippen LogP contribution in [0.4, 0.5) is 0 Å². The fourth-order valence-corrected chi connectivity index (χ4v) is 3.04. The lowest BCUT2D eigenvalue weighted by Crippen LogP contribution is -2.32. The van der Waals surface area contributed by atoms with Crippen LogP contribution in [0.15, 0.2) is 4.99 Å². The summed E-state index contributed by atoms with van der Waals surface area (Å²) in [4.78, 5) is 18.3. The molecular weight excluding hydrogens is 234 g/mol. The molecule has 2 aliphatic heterocycles. The second kappa shape index (κ2) is 6.89. The number of thioether (sulfide) groups is 1. The molecule has 1 amide bonds. The van der Waals surface area contributed by atoms with Gasteiger partial charge in [0.05, 0.1) is 6.54 Å². The van der Waals surface area contributed by atoms with Crippen molar-refractivity contribution in [3.05, 3.63) is 0 Å². The van der Waals surface area contributed by atoms with Gasteiger partial charge in [-0.25, -0.2) is 0 Å². The first-order valence-corrected chi connectivity index (χ1v) is 7.54. The number of likely N-dealkylation sites (tertiary alicyclic amines) is 1. The summed E-state index contributed by atoms with van der Waals surface area (Å²) in [6, 6.07) is 0. The maximum Gasteiger partial charge on any atom is 0.223 e. The van der Waals surface area contributed by atoms with E-state index in [-0.39, 0.29) is 0 Å². The van der Waals surface area contributed by atoms with Gasteiger partial charge in [0.1, 0.15) is 0 Å². The second-order valence-corrected chi connectivity index (χ2v) is 5.59. The Kier molecular flexibility index (Phi) is 5.16. The molecule has 4 nitrogen and oxygen atoms in total. The number of nitrogens with zero attached hydrogens (tertiary/aromatic N) is 2. The van der Waals surface area contributed by atoms with Crippen LogP contribution in [-0.2, 0) is 4.79 Å². The lowest BCUT2D eigenvalue weighted by Gasteiger charge is -2.20. The summed E-state index contributed by atoms with van der Waals surface area (Å²) in [6.07, 6.45) is 5.55. The van der Waals surface area contributed by atoms with Crippen LogP contribution in [0.1, 0.15) is 32.1 Å². The molecule has 0 aromatic rings. The molecule has 0 aliphatic carbocycles. The largest absolute Gasteiger partial charge is 0.363 e. The Bertz CT molecular complexity index is 285. The Morgan fingerprint density at radius 3 is 2.71 bits per heavy atom. The van der Waals surface area contributed by atoms with E-state index in [9.17, 15) is 4.79 Å². The summed E-state index contributed by atoms with van der Waals surface area (Å²) in [5.41, 5.74) is 0. The minimum Gasteiger partial charge on any atom is -0.363 e. The van der Waals surface area contributed by atoms with Gasteiger partial charge in [0.15, 0.2) is 5.17 Å². The normalized spacial score (nSPS) is 20.7. The molecule has 17 heavy (non-hydrogen) atoms. The average Bonchev–Trinajstić information content (AvgIpc) is 2.69. The van der Waals surface area contributed by atoms with E-state index in [1.165, 1.54) is 25.7 Å². The zero-order valence-electron chi connectivity index (χ0n) is 10.3. The number of carbonyl (C=O) groups excluding carboxylic acids is 1. The molecule has 2 rings (SSSR count). The molecule has 0 radical (unpaired) electrons. The SMILES string of the molecule is O=C(CCSC1=NCCN1)N1CCCCCC1. The lowest BCUT2D eigenvalue weighted by molar-refractivity contribution is -0.130. The Morgan fingerprint density at radius 1 is 1.29 bits per heavy atom. The summed E-state index contributed by atoms with van der Waals surface area (Å²) in [5, 5.41) is 4.22. The molecule has 2 aliphatic rings. The number of nitrogens with one attached hydrogen (secondary N) is 1. The maximum absolute atomic E-state index is 12.0. The third-order valence-corrected chi connectivity index (χ3v) is 4.11. The second-order valence-electron chi connectivity index (χ2n) is 4.51. The summed E-state index contributed by atoms with van der Waals surface area (Å²) >= 11 is 1.67. The maximum atomic E-state index is 12.0. The summed E-state index contributed by atoms with van der Waals surface area (Å²) < 4.78 is 0. The fourth-order valence-electron chi connectivity index (χ4n) is 2.19. The Morgan fingerprint density at radius 2 is 2.06 bits per heavy atom. The minimum absolute atomic E-state index is 0.318. The molecule has 0 aromatic heterocycles. The van der Waals surface area contributed by atoms with Crippen molar-refractivity contribution >= 4 is 22.8 Å². The van der Waals surface area contributed by atoms with Crippen LogP contribution in [0.2, 0.25) is 0 Å². The van der Waals surface area contributed by atoms with Crippen molar-refractivity contribution in [2.45, 2.75) is 32.1 Å². The van der Waals surface area contributed by atoms with E-state index >= 15 is 0 Å². The van der Waals surface area contributed by atoms with Gasteiger partial charge in [0, 0.05) is 31.8 Å². The van der Waals surface area contributed by atoms with Crippen molar-refractivity contribution < 1.29 is 4.79 Å². The van der Waals surface area contributed by atoms with E-state index in [4.69, 9.17) is 0 Å². The van der Waals surface area contributed by atoms with Crippen LogP contribution in [0, 0.1) is 0 Å². The van der Waals surface area contributed by atoms with Crippen molar-refractivity contribution in [2.75, 3.05) is 31.9 Å². The number of amides is 1. The number of aliphatic imine (C=N–C) groups is 1. The van der Waals surface area contributed by atoms with E-state index in [2.05, 4.69) is 10.3 Å². The van der Waals surface area contributed by atoms with Crippen molar-refractivity contribution in [1.29, 1.82) is 0 Å². The van der Waals surface area contributed by atoms with Crippen LogP contribution in [0.25, 0.3) is 0 Å². The molecule has 0 unspecified atom stereocenters. The molecule has 2 heterocycles. The monoisotopic (exact) mass is 255 g/mol. The molecular formula is C12H21N3OS. The zero-order valence-corrected chi connectivity index (χ0v) is 11.1. The first-order chi connectivity index (χ1) is 8.36. The van der Waals surface area contributed by atoms with Crippen molar-refractivity contribution in [3.8, 4) is 0 Å². The van der Waals surface area contributed by atoms with Crippen molar-refractivity contribution in [3.63, 3.8) is 0 Å². The van der Waals surface area contributed by atoms with Gasteiger partial charge < -0.3 is 10.2 Å². The third kappa shape index (κ3) is 4.22. The molecule has 0 bridgehead atoms. The van der Waals surface area contributed by atoms with Gasteiger partial charge in [-0.1, -0.05) is 24.6 Å². The molecule has 0 aromatic carbocycles. The first-order valence-electron chi connectivity index (χ1n) is 6.55. The molecule has 0 atom stereocenters. The van der Waals surface area contributed by atoms with Crippen molar-refractivity contribution in [2.24, 2.45) is 4.99 Å². The highest BCUT2D eigenvalue weighted by Crippen LogP contribution is 2.13. The van der Waals surface area contributed by atoms with Gasteiger partial charge in [0.2, 0.25) is 5.91 Å². The predicted molar refractivity (Wildman–Crippen MR) is 72.4 cm³/mol. The molecule has 0 saturated carbocycles. The number of carbonyl (C=O) groups is 1. The minimum atomic E-state index is 0.318. The average molecular weight is 255 g/mol. The molecule has 5 heteroatoms. The highest BCUT2D eigenvalue weighted by atomic mass is 32.2. The summed E-state index contributed by atoms with van der Waals surface area (Å²) in [7, 11) is 0. The Labute approximate surface area is 107 Å².